The van der Waals surface area contributed by atoms with Crippen LogP contribution in [0.15, 0.2) is 36.4 Å². The molecule has 0 bridgehead atoms. The molecule has 2 heterocycles. The smallest absolute Gasteiger partial charge is 0.126 e. The van der Waals surface area contributed by atoms with Gasteiger partial charge >= 0.3 is 0 Å². The van der Waals surface area contributed by atoms with Crippen molar-refractivity contribution in [3.8, 4) is 11.5 Å². The maximum atomic E-state index is 13.3. The van der Waals surface area contributed by atoms with Gasteiger partial charge in [-0.05, 0) is 80.3 Å². The second kappa shape index (κ2) is 12.3. The van der Waals surface area contributed by atoms with Gasteiger partial charge in [-0.25, -0.2) is 8.78 Å². The number of aliphatic hydroxyl groups excluding tert-OH is 2. The monoisotopic (exact) mass is 467 g/mol. The number of aryl methyl sites for hydroxylation is 2. The highest BCUT2D eigenvalue weighted by Crippen LogP contribution is 2.31. The summed E-state index contributed by atoms with van der Waals surface area (Å²) in [7, 11) is 1.82. The van der Waals surface area contributed by atoms with Gasteiger partial charge in [0.2, 0.25) is 0 Å². The summed E-state index contributed by atoms with van der Waals surface area (Å²) in [6.07, 6.45) is 0.271. The topological polar surface area (TPSA) is 62.2 Å². The second-order valence-electron chi connectivity index (χ2n) is 8.25. The van der Waals surface area contributed by atoms with Gasteiger partial charge in [0.15, 0.2) is 0 Å². The summed E-state index contributed by atoms with van der Waals surface area (Å²) in [6, 6.07) is 8.84. The van der Waals surface area contributed by atoms with Crippen LogP contribution in [0.2, 0.25) is 0 Å². The second-order valence-corrected chi connectivity index (χ2v) is 8.25. The first-order chi connectivity index (χ1) is 14.4. The summed E-state index contributed by atoms with van der Waals surface area (Å²) in [5.41, 5.74) is 1.63. The third-order valence-corrected chi connectivity index (χ3v) is 5.85. The van der Waals surface area contributed by atoms with Gasteiger partial charge in [-0.2, -0.15) is 0 Å². The lowest BCUT2D eigenvalue weighted by Gasteiger charge is -2.34. The van der Waals surface area contributed by atoms with E-state index in [1.807, 2.05) is 11.9 Å². The molecule has 4 rings (SSSR count). The molecule has 5 nitrogen and oxygen atoms in total. The van der Waals surface area contributed by atoms with E-state index in [9.17, 15) is 19.0 Å². The Morgan fingerprint density at radius 3 is 1.61 bits per heavy atom. The maximum absolute atomic E-state index is 13.3. The highest BCUT2D eigenvalue weighted by molar-refractivity contribution is 5.36. The Balaban J connectivity index is 0.00000181. The largest absolute Gasteiger partial charge is 0.487 e. The first-order valence-corrected chi connectivity index (χ1v) is 10.3. The van der Waals surface area contributed by atoms with Crippen LogP contribution >= 0.6 is 0 Å². The van der Waals surface area contributed by atoms with Gasteiger partial charge in [-0.1, -0.05) is 22.3 Å². The van der Waals surface area contributed by atoms with Crippen molar-refractivity contribution in [1.29, 1.82) is 0 Å². The fourth-order valence-electron chi connectivity index (χ4n) is 4.25. The minimum absolute atomic E-state index is 0. The summed E-state index contributed by atoms with van der Waals surface area (Å²) in [6.45, 7) is 0.652. The molecule has 2 N–H and O–H groups in total. The van der Waals surface area contributed by atoms with E-state index in [-0.39, 0.29) is 46.1 Å². The van der Waals surface area contributed by atoms with Crippen molar-refractivity contribution in [2.24, 2.45) is 0 Å². The molecule has 0 spiro atoms. The molecule has 33 heavy (non-hydrogen) atoms. The zero-order chi connectivity index (χ0) is 21.3. The van der Waals surface area contributed by atoms with E-state index in [4.69, 9.17) is 9.47 Å². The Morgan fingerprint density at radius 1 is 0.818 bits per heavy atom. The number of ether oxygens (including phenoxy) is 2. The van der Waals surface area contributed by atoms with Crippen molar-refractivity contribution >= 4 is 0 Å². The minimum Gasteiger partial charge on any atom is -0.487 e. The van der Waals surface area contributed by atoms with Crippen molar-refractivity contribution in [3.63, 3.8) is 0 Å². The van der Waals surface area contributed by atoms with Gasteiger partial charge in [0, 0.05) is 13.1 Å². The summed E-state index contributed by atoms with van der Waals surface area (Å²) >= 11 is 0. The molecular weight excluding hydrogens is 428 g/mol. The number of hydrogen-bond acceptors (Lipinski definition) is 5. The van der Waals surface area contributed by atoms with Crippen LogP contribution in [0, 0.1) is 11.6 Å². The lowest BCUT2D eigenvalue weighted by Crippen LogP contribution is -2.47. The van der Waals surface area contributed by atoms with Crippen molar-refractivity contribution in [3.05, 3.63) is 59.2 Å². The van der Waals surface area contributed by atoms with E-state index in [1.54, 1.807) is 12.1 Å². The molecule has 4 atom stereocenters. The van der Waals surface area contributed by atoms with Crippen molar-refractivity contribution < 1.29 is 28.5 Å². The predicted molar refractivity (Wildman–Crippen MR) is 128 cm³/mol. The summed E-state index contributed by atoms with van der Waals surface area (Å²) in [5, 5.41) is 21.2. The van der Waals surface area contributed by atoms with Crippen LogP contribution in [0.1, 0.15) is 46.2 Å². The highest BCUT2D eigenvalue weighted by atomic mass is 19.1. The number of nitrogens with zero attached hydrogens (tertiary/aromatic N) is 1. The maximum Gasteiger partial charge on any atom is 0.126 e. The Bertz CT molecular complexity index is 823. The molecule has 0 aliphatic carbocycles. The summed E-state index contributed by atoms with van der Waals surface area (Å²) in [4.78, 5) is 1.85. The van der Waals surface area contributed by atoms with E-state index in [0.29, 0.717) is 50.3 Å². The van der Waals surface area contributed by atoms with Gasteiger partial charge < -0.3 is 24.6 Å². The number of hydrogen-bond donors (Lipinski definition) is 2. The molecule has 0 radical (unpaired) electrons. The fourth-order valence-corrected chi connectivity index (χ4v) is 4.25. The lowest BCUT2D eigenvalue weighted by molar-refractivity contribution is -0.0212. The normalized spacial score (nSPS) is 20.4. The molecule has 0 saturated heterocycles. The molecule has 2 aliphatic heterocycles. The van der Waals surface area contributed by atoms with E-state index in [1.165, 1.54) is 24.3 Å². The van der Waals surface area contributed by atoms with Crippen LogP contribution in [0.5, 0.6) is 11.5 Å². The third-order valence-electron chi connectivity index (χ3n) is 5.85. The number of fused-ring (bicyclic) bond motifs is 2. The zero-order valence-corrected chi connectivity index (χ0v) is 16.9. The van der Waals surface area contributed by atoms with Crippen LogP contribution in [-0.2, 0) is 12.8 Å². The molecule has 186 valence electrons. The molecule has 2 aromatic carbocycles. The van der Waals surface area contributed by atoms with E-state index >= 15 is 0 Å². The summed E-state index contributed by atoms with van der Waals surface area (Å²) in [5.74, 6) is 0.644. The Morgan fingerprint density at radius 2 is 1.21 bits per heavy atom. The third kappa shape index (κ3) is 6.88. The number of halogens is 2. The molecule has 0 saturated carbocycles. The molecule has 0 fully saturated rings. The van der Waals surface area contributed by atoms with Gasteiger partial charge in [0.05, 0.1) is 0 Å². The van der Waals surface area contributed by atoms with Crippen molar-refractivity contribution in [1.82, 2.24) is 4.90 Å². The summed E-state index contributed by atoms with van der Waals surface area (Å²) < 4.78 is 38.4. The van der Waals surface area contributed by atoms with Crippen molar-refractivity contribution in [2.45, 2.75) is 72.4 Å². The molecule has 2 aromatic rings. The average molecular weight is 468 g/mol. The first-order valence-electron chi connectivity index (χ1n) is 10.3. The minimum atomic E-state index is -0.739. The van der Waals surface area contributed by atoms with E-state index in [2.05, 4.69) is 0 Å². The Labute approximate surface area is 197 Å². The standard InChI is InChI=1S/C23H27F2NO4.3CH4/c1-26(12-18(27)22-6-2-14-10-16(24)4-8-20(14)29-22)13-19(28)23-7-3-15-11-17(25)5-9-21(15)30-23;;;/h4-5,8-11,18-19,22-23,27-28H,2-3,6-7,12-13H2,1H3;3*1H4. The average Bonchev–Trinajstić information content (AvgIpc) is 2.72. The van der Waals surface area contributed by atoms with Crippen LogP contribution in [-0.4, -0.2) is 59.7 Å². The van der Waals surface area contributed by atoms with Crippen molar-refractivity contribution in [2.75, 3.05) is 20.1 Å². The van der Waals surface area contributed by atoms with Gasteiger partial charge in [0.25, 0.3) is 0 Å². The number of aliphatic hydroxyl groups is 2. The molecule has 0 amide bonds. The molecule has 4 unspecified atom stereocenters. The molecular formula is C26H39F2NO4. The number of benzene rings is 2. The zero-order valence-electron chi connectivity index (χ0n) is 16.9. The van der Waals surface area contributed by atoms with Crippen LogP contribution in [0.4, 0.5) is 8.78 Å². The first kappa shape index (κ1) is 28.8. The predicted octanol–water partition coefficient (Wildman–Crippen LogP) is 4.61. The fraction of sp³-hybridized carbons (Fsp3) is 0.538. The van der Waals surface area contributed by atoms with E-state index < -0.39 is 12.2 Å². The van der Waals surface area contributed by atoms with E-state index in [0.717, 1.165) is 11.1 Å². The lowest BCUT2D eigenvalue weighted by atomic mass is 9.98. The van der Waals surface area contributed by atoms with Gasteiger partial charge in [0.1, 0.15) is 47.5 Å². The number of rotatable bonds is 6. The SMILES string of the molecule is C.C.C.CN(CC(O)C1CCc2cc(F)ccc2O1)CC(O)C1CCc2cc(F)ccc2O1. The molecule has 0 aromatic heterocycles. The van der Waals surface area contributed by atoms with Crippen LogP contribution < -0.4 is 9.47 Å². The Kier molecular flexibility index (Phi) is 10.7. The highest BCUT2D eigenvalue weighted by Gasteiger charge is 2.30. The molecule has 7 heteroatoms. The molecule has 2 aliphatic rings. The van der Waals surface area contributed by atoms with Gasteiger partial charge in [-0.3, -0.25) is 0 Å². The Hall–Kier alpha value is -2.22. The van der Waals surface area contributed by atoms with Gasteiger partial charge in [-0.15, -0.1) is 0 Å². The number of likely N-dealkylation sites (N-methyl/N-ethyl adjacent to an activating group) is 1. The van der Waals surface area contributed by atoms with Crippen LogP contribution in [0.3, 0.4) is 0 Å². The van der Waals surface area contributed by atoms with Crippen LogP contribution in [0.25, 0.3) is 0 Å². The quantitative estimate of drug-likeness (QED) is 0.650.